The van der Waals surface area contributed by atoms with Crippen molar-refractivity contribution in [3.8, 4) is 0 Å². The highest BCUT2D eigenvalue weighted by molar-refractivity contribution is 8.19. The van der Waals surface area contributed by atoms with Crippen molar-refractivity contribution in [2.75, 3.05) is 33.4 Å². The van der Waals surface area contributed by atoms with E-state index < -0.39 is 0 Å². The number of carbonyl (C=O) groups excluding carboxylic acids is 1. The SMILES string of the molecule is CCOCCN(CCC(=O)OC)SCl. The Bertz CT molecular complexity index is 160. The number of esters is 1. The lowest BCUT2D eigenvalue weighted by Crippen LogP contribution is -2.23. The molecule has 0 aliphatic carbocycles. The van der Waals surface area contributed by atoms with Gasteiger partial charge in [0.1, 0.15) is 0 Å². The maximum absolute atomic E-state index is 10.8. The predicted octanol–water partition coefficient (Wildman–Crippen LogP) is 1.69. The van der Waals surface area contributed by atoms with Crippen molar-refractivity contribution < 1.29 is 14.3 Å². The van der Waals surface area contributed by atoms with E-state index in [9.17, 15) is 4.79 Å². The highest BCUT2D eigenvalue weighted by atomic mass is 35.7. The van der Waals surface area contributed by atoms with Gasteiger partial charge in [0, 0.05) is 30.9 Å². The molecule has 4 nitrogen and oxygen atoms in total. The lowest BCUT2D eigenvalue weighted by Gasteiger charge is -2.16. The molecule has 0 aliphatic rings. The summed E-state index contributed by atoms with van der Waals surface area (Å²) in [4.78, 5) is 10.8. The van der Waals surface area contributed by atoms with Gasteiger partial charge < -0.3 is 9.47 Å². The summed E-state index contributed by atoms with van der Waals surface area (Å²) in [5.74, 6) is -0.225. The van der Waals surface area contributed by atoms with Gasteiger partial charge in [-0.25, -0.2) is 4.31 Å². The Balaban J connectivity index is 3.52. The van der Waals surface area contributed by atoms with Crippen molar-refractivity contribution in [1.82, 2.24) is 4.31 Å². The molecule has 14 heavy (non-hydrogen) atoms. The summed E-state index contributed by atoms with van der Waals surface area (Å²) < 4.78 is 11.5. The monoisotopic (exact) mass is 241 g/mol. The maximum atomic E-state index is 10.8. The fraction of sp³-hybridized carbons (Fsp3) is 0.875. The molecular formula is C8H16ClNO3S. The third-order valence-corrected chi connectivity index (χ3v) is 2.73. The zero-order chi connectivity index (χ0) is 10.8. The molecule has 0 aliphatic heterocycles. The molecule has 0 aromatic rings. The number of rotatable bonds is 8. The van der Waals surface area contributed by atoms with Crippen molar-refractivity contribution in [2.45, 2.75) is 13.3 Å². The van der Waals surface area contributed by atoms with Gasteiger partial charge in [0.15, 0.2) is 0 Å². The minimum atomic E-state index is -0.225. The van der Waals surface area contributed by atoms with E-state index >= 15 is 0 Å². The van der Waals surface area contributed by atoms with Crippen molar-refractivity contribution in [1.29, 1.82) is 0 Å². The van der Waals surface area contributed by atoms with Crippen molar-refractivity contribution in [2.24, 2.45) is 0 Å². The number of nitrogens with zero attached hydrogens (tertiary/aromatic N) is 1. The van der Waals surface area contributed by atoms with Crippen LogP contribution in [-0.4, -0.2) is 43.7 Å². The Kier molecular flexibility index (Phi) is 9.60. The number of carbonyl (C=O) groups is 1. The number of ether oxygens (including phenoxy) is 2. The van der Waals surface area contributed by atoms with Crippen LogP contribution in [0.3, 0.4) is 0 Å². The Morgan fingerprint density at radius 2 is 2.21 bits per heavy atom. The first kappa shape index (κ1) is 14.0. The van der Waals surface area contributed by atoms with Crippen LogP contribution in [0.15, 0.2) is 0 Å². The molecule has 0 bridgehead atoms. The molecule has 0 radical (unpaired) electrons. The molecule has 0 aromatic carbocycles. The van der Waals surface area contributed by atoms with E-state index in [1.807, 2.05) is 11.2 Å². The Morgan fingerprint density at radius 1 is 1.50 bits per heavy atom. The molecular weight excluding hydrogens is 226 g/mol. The van der Waals surface area contributed by atoms with Crippen LogP contribution in [-0.2, 0) is 14.3 Å². The third kappa shape index (κ3) is 7.44. The second-order valence-electron chi connectivity index (χ2n) is 2.52. The first-order valence-corrected chi connectivity index (χ1v) is 6.02. The molecule has 0 saturated heterocycles. The fourth-order valence-corrected chi connectivity index (χ4v) is 1.53. The average molecular weight is 242 g/mol. The summed E-state index contributed by atoms with van der Waals surface area (Å²) in [6.45, 7) is 4.54. The van der Waals surface area contributed by atoms with Crippen LogP contribution in [0.4, 0.5) is 0 Å². The van der Waals surface area contributed by atoms with Gasteiger partial charge in [0.25, 0.3) is 0 Å². The van der Waals surface area contributed by atoms with Gasteiger partial charge in [-0.3, -0.25) is 4.79 Å². The van der Waals surface area contributed by atoms with Crippen molar-refractivity contribution >= 4 is 27.8 Å². The van der Waals surface area contributed by atoms with E-state index in [0.29, 0.717) is 32.7 Å². The van der Waals surface area contributed by atoms with Gasteiger partial charge in [-0.2, -0.15) is 0 Å². The van der Waals surface area contributed by atoms with E-state index in [1.54, 1.807) is 0 Å². The number of methoxy groups -OCH3 is 1. The average Bonchev–Trinajstić information content (AvgIpc) is 2.22. The highest BCUT2D eigenvalue weighted by Crippen LogP contribution is 2.14. The van der Waals surface area contributed by atoms with Gasteiger partial charge in [0.05, 0.1) is 20.1 Å². The summed E-state index contributed by atoms with van der Waals surface area (Å²) in [7, 11) is 6.98. The second-order valence-corrected chi connectivity index (χ2v) is 3.59. The van der Waals surface area contributed by atoms with E-state index in [0.717, 1.165) is 11.2 Å². The fourth-order valence-electron chi connectivity index (χ4n) is 0.810. The van der Waals surface area contributed by atoms with Gasteiger partial charge in [-0.1, -0.05) is 0 Å². The first-order valence-electron chi connectivity index (χ1n) is 4.42. The smallest absolute Gasteiger partial charge is 0.306 e. The Labute approximate surface area is 93.5 Å². The van der Waals surface area contributed by atoms with Crippen LogP contribution in [0.2, 0.25) is 0 Å². The van der Waals surface area contributed by atoms with Crippen LogP contribution < -0.4 is 0 Å². The highest BCUT2D eigenvalue weighted by Gasteiger charge is 2.07. The van der Waals surface area contributed by atoms with Crippen LogP contribution in [0, 0.1) is 0 Å². The standard InChI is InChI=1S/C8H16ClNO3S/c1-3-13-7-6-10(14-9)5-4-8(11)12-2/h3-7H2,1-2H3. The largest absolute Gasteiger partial charge is 0.469 e. The summed E-state index contributed by atoms with van der Waals surface area (Å²) in [6.07, 6.45) is 0.350. The summed E-state index contributed by atoms with van der Waals surface area (Å²) in [5, 5.41) is 0. The van der Waals surface area contributed by atoms with Crippen LogP contribution in [0.25, 0.3) is 0 Å². The van der Waals surface area contributed by atoms with E-state index in [2.05, 4.69) is 4.74 Å². The minimum absolute atomic E-state index is 0.225. The molecule has 0 rings (SSSR count). The molecule has 0 atom stereocenters. The third-order valence-electron chi connectivity index (χ3n) is 1.58. The van der Waals surface area contributed by atoms with Crippen LogP contribution in [0.1, 0.15) is 13.3 Å². The van der Waals surface area contributed by atoms with Gasteiger partial charge in [0.2, 0.25) is 0 Å². The second kappa shape index (κ2) is 9.58. The molecule has 0 N–H and O–H groups in total. The molecule has 6 heteroatoms. The van der Waals surface area contributed by atoms with Crippen molar-refractivity contribution in [3.05, 3.63) is 0 Å². The predicted molar refractivity (Wildman–Crippen MR) is 58.1 cm³/mol. The summed E-state index contributed by atoms with van der Waals surface area (Å²) in [5.41, 5.74) is 0. The lowest BCUT2D eigenvalue weighted by molar-refractivity contribution is -0.140. The minimum Gasteiger partial charge on any atom is -0.469 e. The topological polar surface area (TPSA) is 38.8 Å². The molecule has 0 unspecified atom stereocenters. The molecule has 84 valence electrons. The van der Waals surface area contributed by atoms with Crippen molar-refractivity contribution in [3.63, 3.8) is 0 Å². The van der Waals surface area contributed by atoms with E-state index in [1.165, 1.54) is 7.11 Å². The van der Waals surface area contributed by atoms with Gasteiger partial charge >= 0.3 is 5.97 Å². The molecule has 0 amide bonds. The maximum Gasteiger partial charge on any atom is 0.306 e. The zero-order valence-corrected chi connectivity index (χ0v) is 10.1. The summed E-state index contributed by atoms with van der Waals surface area (Å²) in [6, 6.07) is 0. The number of halogens is 1. The zero-order valence-electron chi connectivity index (χ0n) is 8.49. The molecule has 0 spiro atoms. The molecule has 0 saturated carbocycles. The Morgan fingerprint density at radius 3 is 2.71 bits per heavy atom. The number of hydrogen-bond acceptors (Lipinski definition) is 5. The van der Waals surface area contributed by atoms with Crippen LogP contribution in [0.5, 0.6) is 0 Å². The Hall–Kier alpha value is 0.0300. The molecule has 0 heterocycles. The normalized spacial score (nSPS) is 10.6. The molecule has 0 aromatic heterocycles. The number of hydrogen-bond donors (Lipinski definition) is 0. The quantitative estimate of drug-likeness (QED) is 0.367. The first-order chi connectivity index (χ1) is 6.74. The van der Waals surface area contributed by atoms with Crippen LogP contribution >= 0.6 is 21.8 Å². The van der Waals surface area contributed by atoms with E-state index in [4.69, 9.17) is 15.4 Å². The van der Waals surface area contributed by atoms with E-state index in [-0.39, 0.29) is 5.97 Å². The summed E-state index contributed by atoms with van der Waals surface area (Å²) >= 11 is 1.09. The molecule has 0 fully saturated rings. The lowest BCUT2D eigenvalue weighted by atomic mass is 10.4. The van der Waals surface area contributed by atoms with Gasteiger partial charge in [-0.05, 0) is 17.6 Å². The van der Waals surface area contributed by atoms with Gasteiger partial charge in [-0.15, -0.1) is 0 Å².